The van der Waals surface area contributed by atoms with Gasteiger partial charge in [0.1, 0.15) is 10.8 Å². The van der Waals surface area contributed by atoms with E-state index in [9.17, 15) is 8.78 Å². The van der Waals surface area contributed by atoms with Crippen molar-refractivity contribution in [1.82, 2.24) is 15.0 Å². The Bertz CT molecular complexity index is 642. The largest absolute Gasteiger partial charge is 0.383 e. The van der Waals surface area contributed by atoms with Crippen molar-refractivity contribution in [3.63, 3.8) is 0 Å². The molecule has 0 radical (unpaired) electrons. The van der Waals surface area contributed by atoms with E-state index in [0.717, 1.165) is 10.6 Å². The highest BCUT2D eigenvalue weighted by molar-refractivity contribution is 7.13. The van der Waals surface area contributed by atoms with Crippen LogP contribution in [0.4, 0.5) is 20.5 Å². The van der Waals surface area contributed by atoms with E-state index in [2.05, 4.69) is 15.0 Å². The Hall–Kier alpha value is -1.83. The fraction of sp³-hybridized carbons (Fsp3) is 0.417. The van der Waals surface area contributed by atoms with E-state index in [1.54, 1.807) is 17.8 Å². The van der Waals surface area contributed by atoms with Gasteiger partial charge >= 0.3 is 0 Å². The molecule has 5 nitrogen and oxygen atoms in total. The second-order valence-corrected chi connectivity index (χ2v) is 6.00. The summed E-state index contributed by atoms with van der Waals surface area (Å²) < 4.78 is 26.3. The lowest BCUT2D eigenvalue weighted by molar-refractivity contribution is 0.0796. The van der Waals surface area contributed by atoms with Crippen LogP contribution in [0.15, 0.2) is 17.8 Å². The second-order valence-electron chi connectivity index (χ2n) is 5.14. The first-order valence-electron chi connectivity index (χ1n) is 6.22. The molecule has 2 N–H and O–H groups in total. The number of hydrogen-bond donors (Lipinski definition) is 1. The fourth-order valence-corrected chi connectivity index (χ4v) is 3.37. The second kappa shape index (κ2) is 3.85. The molecule has 2 atom stereocenters. The third-order valence-electron chi connectivity index (χ3n) is 3.89. The molecule has 2 aliphatic rings. The maximum absolute atomic E-state index is 13.1. The molecule has 2 aromatic rings. The highest BCUT2D eigenvalue weighted by Gasteiger charge is 2.71. The molecule has 104 valence electrons. The van der Waals surface area contributed by atoms with Crippen molar-refractivity contribution in [2.75, 3.05) is 23.7 Å². The number of fused-ring (bicyclic) bond motifs is 1. The van der Waals surface area contributed by atoms with E-state index in [-0.39, 0.29) is 0 Å². The number of piperidine rings is 1. The molecule has 1 aliphatic carbocycles. The zero-order chi connectivity index (χ0) is 13.9. The third kappa shape index (κ3) is 1.67. The fourth-order valence-electron chi connectivity index (χ4n) is 2.68. The molecule has 1 aliphatic heterocycles. The molecule has 0 amide bonds. The molecule has 0 bridgehead atoms. The van der Waals surface area contributed by atoms with E-state index in [4.69, 9.17) is 5.73 Å². The summed E-state index contributed by atoms with van der Waals surface area (Å²) in [6.07, 6.45) is 3.31. The number of nitrogens with zero attached hydrogens (tertiary/aromatic N) is 4. The Morgan fingerprint density at radius 1 is 1.25 bits per heavy atom. The third-order valence-corrected chi connectivity index (χ3v) is 4.80. The van der Waals surface area contributed by atoms with Crippen molar-refractivity contribution in [3.8, 4) is 10.6 Å². The van der Waals surface area contributed by atoms with Gasteiger partial charge in [0.05, 0.1) is 11.8 Å². The molecule has 2 unspecified atom stereocenters. The van der Waals surface area contributed by atoms with Crippen molar-refractivity contribution in [2.45, 2.75) is 5.92 Å². The standard InChI is InChI=1S/C12H11F2N5S/c13-12(14)7-3-19(4-8(7)12)11-16-1-6(2-17-11)10-18-9(15)5-20-10/h1-2,5,7-8H,3-4,15H2. The van der Waals surface area contributed by atoms with Crippen molar-refractivity contribution in [1.29, 1.82) is 0 Å². The minimum Gasteiger partial charge on any atom is -0.383 e. The Morgan fingerprint density at radius 3 is 2.45 bits per heavy atom. The van der Waals surface area contributed by atoms with Crippen LogP contribution in [0.25, 0.3) is 10.6 Å². The number of nitrogen functional groups attached to an aromatic ring is 1. The van der Waals surface area contributed by atoms with Gasteiger partial charge in [0.15, 0.2) is 0 Å². The van der Waals surface area contributed by atoms with Crippen molar-refractivity contribution < 1.29 is 8.78 Å². The summed E-state index contributed by atoms with van der Waals surface area (Å²) in [5, 5.41) is 2.50. The molecule has 1 saturated carbocycles. The highest BCUT2D eigenvalue weighted by Crippen LogP contribution is 2.59. The normalized spacial score (nSPS) is 26.6. The van der Waals surface area contributed by atoms with Gasteiger partial charge in [-0.05, 0) is 0 Å². The van der Waals surface area contributed by atoms with Gasteiger partial charge in [-0.15, -0.1) is 11.3 Å². The van der Waals surface area contributed by atoms with Gasteiger partial charge in [0.2, 0.25) is 5.95 Å². The molecule has 8 heteroatoms. The summed E-state index contributed by atoms with van der Waals surface area (Å²) in [6, 6.07) is 0. The summed E-state index contributed by atoms with van der Waals surface area (Å²) >= 11 is 1.42. The van der Waals surface area contributed by atoms with E-state index < -0.39 is 17.8 Å². The van der Waals surface area contributed by atoms with Gasteiger partial charge in [-0.3, -0.25) is 0 Å². The summed E-state index contributed by atoms with van der Waals surface area (Å²) in [5.41, 5.74) is 6.35. The molecule has 20 heavy (non-hydrogen) atoms. The zero-order valence-corrected chi connectivity index (χ0v) is 11.1. The summed E-state index contributed by atoms with van der Waals surface area (Å²) in [6.45, 7) is 0.669. The van der Waals surface area contributed by atoms with E-state index >= 15 is 0 Å². The number of halogens is 2. The number of aromatic nitrogens is 3. The first kappa shape index (κ1) is 12.0. The molecule has 0 spiro atoms. The van der Waals surface area contributed by atoms with Gasteiger partial charge in [0, 0.05) is 36.4 Å². The molecule has 4 rings (SSSR count). The van der Waals surface area contributed by atoms with E-state index in [1.807, 2.05) is 4.90 Å². The Balaban J connectivity index is 1.52. The number of rotatable bonds is 2. The predicted molar refractivity (Wildman–Crippen MR) is 71.7 cm³/mol. The number of thiazole rings is 1. The molecular weight excluding hydrogens is 284 g/mol. The molecule has 1 saturated heterocycles. The summed E-state index contributed by atoms with van der Waals surface area (Å²) in [7, 11) is 0. The summed E-state index contributed by atoms with van der Waals surface area (Å²) in [4.78, 5) is 14.5. The van der Waals surface area contributed by atoms with Gasteiger partial charge < -0.3 is 10.6 Å². The van der Waals surface area contributed by atoms with Crippen LogP contribution in [0.2, 0.25) is 0 Å². The van der Waals surface area contributed by atoms with Crippen LogP contribution in [-0.2, 0) is 0 Å². The lowest BCUT2D eigenvalue weighted by Crippen LogP contribution is -2.28. The smallest absolute Gasteiger partial charge is 0.258 e. The van der Waals surface area contributed by atoms with Crippen LogP contribution >= 0.6 is 11.3 Å². The highest BCUT2D eigenvalue weighted by atomic mass is 32.1. The topological polar surface area (TPSA) is 67.9 Å². The van der Waals surface area contributed by atoms with E-state index in [1.165, 1.54) is 11.3 Å². The van der Waals surface area contributed by atoms with Crippen molar-refractivity contribution in [3.05, 3.63) is 17.8 Å². The average Bonchev–Trinajstić information content (AvgIpc) is 2.90. The molecule has 2 fully saturated rings. The Kier molecular flexibility index (Phi) is 2.30. The van der Waals surface area contributed by atoms with Crippen molar-refractivity contribution in [2.24, 2.45) is 11.8 Å². The monoisotopic (exact) mass is 295 g/mol. The lowest BCUT2D eigenvalue weighted by Gasteiger charge is -2.19. The number of alkyl halides is 2. The maximum atomic E-state index is 13.1. The average molecular weight is 295 g/mol. The Morgan fingerprint density at radius 2 is 1.90 bits per heavy atom. The molecule has 0 aromatic carbocycles. The minimum absolute atomic E-state index is 0.335. The molecule has 3 heterocycles. The number of nitrogens with two attached hydrogens (primary N) is 1. The van der Waals surface area contributed by atoms with Gasteiger partial charge in [-0.25, -0.2) is 23.7 Å². The van der Waals surface area contributed by atoms with Crippen LogP contribution in [0.1, 0.15) is 0 Å². The minimum atomic E-state index is -2.48. The van der Waals surface area contributed by atoms with Crippen molar-refractivity contribution >= 4 is 23.1 Å². The predicted octanol–water partition coefficient (Wildman–Crippen LogP) is 1.88. The van der Waals surface area contributed by atoms with Crippen LogP contribution in [0.3, 0.4) is 0 Å². The van der Waals surface area contributed by atoms with Crippen LogP contribution in [0.5, 0.6) is 0 Å². The molecular formula is C12H11F2N5S. The SMILES string of the molecule is Nc1csc(-c2cnc(N3CC4C(C3)C4(F)F)nc2)n1. The first-order valence-corrected chi connectivity index (χ1v) is 7.10. The summed E-state index contributed by atoms with van der Waals surface area (Å²) in [5.74, 6) is -2.55. The number of hydrogen-bond acceptors (Lipinski definition) is 6. The zero-order valence-electron chi connectivity index (χ0n) is 10.3. The van der Waals surface area contributed by atoms with Gasteiger partial charge in [-0.1, -0.05) is 0 Å². The van der Waals surface area contributed by atoms with E-state index in [0.29, 0.717) is 24.9 Å². The van der Waals surface area contributed by atoms with Gasteiger partial charge in [0.25, 0.3) is 5.92 Å². The lowest BCUT2D eigenvalue weighted by atomic mass is 10.3. The van der Waals surface area contributed by atoms with Crippen LogP contribution in [0, 0.1) is 11.8 Å². The first-order chi connectivity index (χ1) is 9.55. The maximum Gasteiger partial charge on any atom is 0.258 e. The quantitative estimate of drug-likeness (QED) is 0.916. The van der Waals surface area contributed by atoms with Crippen LogP contribution < -0.4 is 10.6 Å². The van der Waals surface area contributed by atoms with Gasteiger partial charge in [-0.2, -0.15) is 0 Å². The van der Waals surface area contributed by atoms with Crippen LogP contribution in [-0.4, -0.2) is 34.0 Å². The molecule has 2 aromatic heterocycles. The Labute approximate surface area is 117 Å². The number of anilines is 2.